The smallest absolute Gasteiger partial charge is 0.361 e. The van der Waals surface area contributed by atoms with Gasteiger partial charge >= 0.3 is 6.18 Å². The molecule has 0 aliphatic heterocycles. The van der Waals surface area contributed by atoms with Gasteiger partial charge in [-0.15, -0.1) is 0 Å². The highest BCUT2D eigenvalue weighted by Gasteiger charge is 2.41. The van der Waals surface area contributed by atoms with E-state index in [2.05, 4.69) is 35.7 Å². The van der Waals surface area contributed by atoms with Crippen LogP contribution in [0.1, 0.15) is 17.0 Å². The maximum Gasteiger partial charge on any atom is 0.435 e. The minimum absolute atomic E-state index is 0.0258. The number of hydrogen-bond acceptors (Lipinski definition) is 3. The molecule has 4 nitrogen and oxygen atoms in total. The van der Waals surface area contributed by atoms with E-state index >= 15 is 0 Å². The molecular formula is C28H29F3N3OSi+. The van der Waals surface area contributed by atoms with Crippen molar-refractivity contribution in [3.8, 4) is 22.6 Å². The van der Waals surface area contributed by atoms with Crippen molar-refractivity contribution in [3.05, 3.63) is 89.9 Å². The van der Waals surface area contributed by atoms with Crippen molar-refractivity contribution in [2.24, 2.45) is 0 Å². The topological polar surface area (TPSA) is 39.9 Å². The van der Waals surface area contributed by atoms with E-state index < -0.39 is 19.9 Å². The summed E-state index contributed by atoms with van der Waals surface area (Å²) in [5.74, 6) is 0.168. The number of aryl methyl sites for hydroxylation is 1. The van der Waals surface area contributed by atoms with Crippen LogP contribution in [0.4, 0.5) is 13.2 Å². The van der Waals surface area contributed by atoms with Crippen molar-refractivity contribution in [2.45, 2.75) is 45.5 Å². The van der Waals surface area contributed by atoms with Crippen LogP contribution in [0.5, 0.6) is 0 Å². The van der Waals surface area contributed by atoms with Gasteiger partial charge < -0.3 is 4.74 Å². The molecule has 0 saturated heterocycles. The standard InChI is InChI=1S/C28H29F3N3OSi/c1-20-10-12-21(13-11-20)24-15-14-23(18-32-24)27-33-26(28(29,30)31)25(22-8-6-5-7-9-22)34(27)19-35-16-17-36(2,3)4/h6-15,18H,16-17,19H2,1-4H3/q+1. The molecule has 0 N–H and O–H groups in total. The minimum Gasteiger partial charge on any atom is -0.361 e. The first-order valence-electron chi connectivity index (χ1n) is 11.8. The van der Waals surface area contributed by atoms with E-state index in [1.807, 2.05) is 31.2 Å². The van der Waals surface area contributed by atoms with Crippen LogP contribution in [0.25, 0.3) is 28.2 Å². The Bertz CT molecular complexity index is 1300. The molecule has 0 fully saturated rings. The summed E-state index contributed by atoms with van der Waals surface area (Å²) in [5.41, 5.74) is 2.72. The van der Waals surface area contributed by atoms with Crippen LogP contribution < -0.4 is 0 Å². The number of ether oxygens (including phenoxy) is 1. The summed E-state index contributed by atoms with van der Waals surface area (Å²) >= 11 is 0. The molecule has 1 aliphatic rings. The molecule has 0 saturated carbocycles. The quantitative estimate of drug-likeness (QED) is 0.179. The predicted octanol–water partition coefficient (Wildman–Crippen LogP) is 7.56. The Labute approximate surface area is 210 Å². The van der Waals surface area contributed by atoms with Crippen LogP contribution in [-0.4, -0.2) is 29.2 Å². The third kappa shape index (κ3) is 6.08. The van der Waals surface area contributed by atoms with Crippen LogP contribution in [-0.2, 0) is 17.6 Å². The Kier molecular flexibility index (Phi) is 7.40. The number of hydrogen-bond donors (Lipinski definition) is 0. The first kappa shape index (κ1) is 25.8. The molecule has 1 aromatic carbocycles. The number of nitrogens with zero attached hydrogens (tertiary/aromatic N) is 3. The Morgan fingerprint density at radius 3 is 2.33 bits per heavy atom. The molecule has 2 aromatic heterocycles. The van der Waals surface area contributed by atoms with E-state index in [0.717, 1.165) is 22.9 Å². The van der Waals surface area contributed by atoms with E-state index in [0.29, 0.717) is 17.7 Å². The molecule has 0 atom stereocenters. The van der Waals surface area contributed by atoms with Gasteiger partial charge in [0.25, 0.3) is 0 Å². The van der Waals surface area contributed by atoms with Crippen molar-refractivity contribution in [1.82, 2.24) is 14.5 Å². The molecule has 0 amide bonds. The van der Waals surface area contributed by atoms with Crippen molar-refractivity contribution in [3.63, 3.8) is 0 Å². The van der Waals surface area contributed by atoms with Gasteiger partial charge in [0.2, 0.25) is 0 Å². The summed E-state index contributed by atoms with van der Waals surface area (Å²) in [7, 11) is -1.36. The second kappa shape index (κ2) is 10.3. The third-order valence-corrected chi connectivity index (χ3v) is 7.52. The molecule has 1 aliphatic carbocycles. The van der Waals surface area contributed by atoms with Crippen LogP contribution in [0, 0.1) is 13.0 Å². The lowest BCUT2D eigenvalue weighted by Crippen LogP contribution is -2.22. The SMILES string of the molecule is Cc1ccc(-c2ccc(-c3nc(C(F)(F)F)c(C4=CC=[C+]C=C4)n3COCC[Si](C)(C)C)cn2)cc1. The summed E-state index contributed by atoms with van der Waals surface area (Å²) in [6, 6.07) is 12.4. The first-order valence-corrected chi connectivity index (χ1v) is 15.5. The highest BCUT2D eigenvalue weighted by Crippen LogP contribution is 2.38. The van der Waals surface area contributed by atoms with E-state index in [-0.39, 0.29) is 18.2 Å². The summed E-state index contributed by atoms with van der Waals surface area (Å²) in [6.07, 6.45) is 6.19. The molecule has 8 heteroatoms. The van der Waals surface area contributed by atoms with Gasteiger partial charge in [0.15, 0.2) is 5.69 Å². The molecule has 4 rings (SSSR count). The highest BCUT2D eigenvalue weighted by molar-refractivity contribution is 6.76. The number of aromatic nitrogens is 3. The lowest BCUT2D eigenvalue weighted by molar-refractivity contribution is -0.141. The van der Waals surface area contributed by atoms with E-state index in [1.54, 1.807) is 42.6 Å². The average molecular weight is 509 g/mol. The van der Waals surface area contributed by atoms with Gasteiger partial charge in [-0.25, -0.2) is 4.98 Å². The monoisotopic (exact) mass is 508 g/mol. The summed E-state index contributed by atoms with van der Waals surface area (Å²) in [5, 5.41) is 0. The van der Waals surface area contributed by atoms with Crippen molar-refractivity contribution < 1.29 is 17.9 Å². The Morgan fingerprint density at radius 1 is 1.03 bits per heavy atom. The lowest BCUT2D eigenvalue weighted by atomic mass is 10.1. The van der Waals surface area contributed by atoms with Crippen LogP contribution in [0.2, 0.25) is 25.7 Å². The van der Waals surface area contributed by atoms with Gasteiger partial charge in [0, 0.05) is 38.1 Å². The van der Waals surface area contributed by atoms with Crippen molar-refractivity contribution in [1.29, 1.82) is 0 Å². The van der Waals surface area contributed by atoms with Crippen LogP contribution in [0.3, 0.4) is 0 Å². The number of allylic oxidation sites excluding steroid dienone is 6. The van der Waals surface area contributed by atoms with Gasteiger partial charge in [-0.2, -0.15) is 13.2 Å². The fraction of sp³-hybridized carbons (Fsp3) is 0.286. The van der Waals surface area contributed by atoms with Crippen molar-refractivity contribution >= 4 is 13.6 Å². The maximum absolute atomic E-state index is 14.2. The Hall–Kier alpha value is -3.32. The Balaban J connectivity index is 1.77. The maximum atomic E-state index is 14.2. The molecular weight excluding hydrogens is 479 g/mol. The fourth-order valence-corrected chi connectivity index (χ4v) is 4.55. The number of halogens is 3. The zero-order valence-corrected chi connectivity index (χ0v) is 21.9. The summed E-state index contributed by atoms with van der Waals surface area (Å²) in [4.78, 5) is 8.61. The Morgan fingerprint density at radius 2 is 1.75 bits per heavy atom. The second-order valence-electron chi connectivity index (χ2n) is 9.99. The fourth-order valence-electron chi connectivity index (χ4n) is 3.79. The molecule has 36 heavy (non-hydrogen) atoms. The van der Waals surface area contributed by atoms with Gasteiger partial charge in [0.1, 0.15) is 36.0 Å². The summed E-state index contributed by atoms with van der Waals surface area (Å²) in [6.45, 7) is 9.13. The molecule has 3 aromatic rings. The zero-order chi connectivity index (χ0) is 25.9. The van der Waals surface area contributed by atoms with E-state index in [4.69, 9.17) is 4.74 Å². The van der Waals surface area contributed by atoms with Crippen LogP contribution >= 0.6 is 0 Å². The van der Waals surface area contributed by atoms with Gasteiger partial charge in [0.05, 0.1) is 17.8 Å². The number of rotatable bonds is 8. The normalized spacial score (nSPS) is 13.6. The van der Waals surface area contributed by atoms with Gasteiger partial charge in [-0.3, -0.25) is 9.55 Å². The molecule has 0 radical (unpaired) electrons. The van der Waals surface area contributed by atoms with Crippen molar-refractivity contribution in [2.75, 3.05) is 6.61 Å². The third-order valence-electron chi connectivity index (χ3n) is 5.81. The van der Waals surface area contributed by atoms with Gasteiger partial charge in [-0.1, -0.05) is 49.5 Å². The minimum atomic E-state index is -4.64. The molecule has 186 valence electrons. The molecule has 0 unspecified atom stereocenters. The highest BCUT2D eigenvalue weighted by atomic mass is 28.3. The van der Waals surface area contributed by atoms with E-state index in [9.17, 15) is 13.2 Å². The largest absolute Gasteiger partial charge is 0.435 e. The average Bonchev–Trinajstić information content (AvgIpc) is 3.22. The molecule has 0 spiro atoms. The second-order valence-corrected chi connectivity index (χ2v) is 15.6. The van der Waals surface area contributed by atoms with Gasteiger partial charge in [-0.05, 0) is 25.1 Å². The lowest BCUT2D eigenvalue weighted by Gasteiger charge is -2.17. The first-order chi connectivity index (χ1) is 17.0. The number of benzene rings is 1. The number of imidazole rings is 1. The van der Waals surface area contributed by atoms with Crippen LogP contribution in [0.15, 0.2) is 66.9 Å². The number of alkyl halides is 3. The zero-order valence-electron chi connectivity index (χ0n) is 20.9. The predicted molar refractivity (Wildman–Crippen MR) is 140 cm³/mol. The van der Waals surface area contributed by atoms with E-state index in [1.165, 1.54) is 4.57 Å². The summed E-state index contributed by atoms with van der Waals surface area (Å²) < 4.78 is 49.9. The molecule has 2 heterocycles. The molecule has 0 bridgehead atoms. The number of pyridine rings is 1.